The van der Waals surface area contributed by atoms with Crippen molar-refractivity contribution in [1.29, 1.82) is 0 Å². The van der Waals surface area contributed by atoms with Gasteiger partial charge in [-0.15, -0.1) is 0 Å². The smallest absolute Gasteiger partial charge is 0.127 e. The molecule has 1 nitrogen and oxygen atoms in total. The minimum absolute atomic E-state index is 0.216. The maximum absolute atomic E-state index is 13.8. The highest BCUT2D eigenvalue weighted by Crippen LogP contribution is 2.29. The Balaban J connectivity index is 2.48. The maximum atomic E-state index is 13.8. The number of nitrogens with one attached hydrogen (secondary N) is 1. The summed E-state index contributed by atoms with van der Waals surface area (Å²) in [6, 6.07) is 8.08. The fraction of sp³-hybridized carbons (Fsp3) is 0.294. The van der Waals surface area contributed by atoms with Crippen LogP contribution in [0.5, 0.6) is 0 Å². The first-order valence-corrected chi connectivity index (χ1v) is 6.79. The van der Waals surface area contributed by atoms with Crippen molar-refractivity contribution in [3.05, 3.63) is 58.7 Å². The Morgan fingerprint density at radius 2 is 1.65 bits per heavy atom. The van der Waals surface area contributed by atoms with Crippen LogP contribution in [0.4, 0.5) is 8.78 Å². The standard InChI is InChI=1S/C17H19F2N/c1-4-20-10-14-9-13(5-6-16(14)19)17-11(2)7-15(18)8-12(17)3/h5-9,20H,4,10H2,1-3H3. The minimum Gasteiger partial charge on any atom is -0.313 e. The van der Waals surface area contributed by atoms with E-state index in [0.717, 1.165) is 28.8 Å². The van der Waals surface area contributed by atoms with E-state index in [-0.39, 0.29) is 11.6 Å². The van der Waals surface area contributed by atoms with Crippen molar-refractivity contribution in [3.8, 4) is 11.1 Å². The van der Waals surface area contributed by atoms with E-state index in [4.69, 9.17) is 0 Å². The molecule has 0 aliphatic rings. The molecule has 106 valence electrons. The van der Waals surface area contributed by atoms with Crippen LogP contribution in [0.2, 0.25) is 0 Å². The lowest BCUT2D eigenvalue weighted by Gasteiger charge is -2.13. The molecule has 0 aliphatic carbocycles. The monoisotopic (exact) mass is 275 g/mol. The van der Waals surface area contributed by atoms with E-state index in [9.17, 15) is 8.78 Å². The third-order valence-electron chi connectivity index (χ3n) is 3.40. The number of rotatable bonds is 4. The quantitative estimate of drug-likeness (QED) is 0.874. The number of benzene rings is 2. The van der Waals surface area contributed by atoms with Crippen molar-refractivity contribution in [2.45, 2.75) is 27.3 Å². The van der Waals surface area contributed by atoms with Crippen LogP contribution in [0.3, 0.4) is 0 Å². The lowest BCUT2D eigenvalue weighted by molar-refractivity contribution is 0.593. The molecule has 2 aromatic carbocycles. The third-order valence-corrected chi connectivity index (χ3v) is 3.40. The highest BCUT2D eigenvalue weighted by Gasteiger charge is 2.10. The Bertz CT molecular complexity index is 597. The second kappa shape index (κ2) is 6.14. The van der Waals surface area contributed by atoms with Gasteiger partial charge in [-0.25, -0.2) is 8.78 Å². The van der Waals surface area contributed by atoms with Crippen LogP contribution in [0.25, 0.3) is 11.1 Å². The summed E-state index contributed by atoms with van der Waals surface area (Å²) >= 11 is 0. The van der Waals surface area contributed by atoms with Crippen LogP contribution >= 0.6 is 0 Å². The Morgan fingerprint density at radius 1 is 1.00 bits per heavy atom. The van der Waals surface area contributed by atoms with E-state index in [2.05, 4.69) is 5.32 Å². The second-order valence-corrected chi connectivity index (χ2v) is 5.00. The zero-order valence-corrected chi connectivity index (χ0v) is 12.1. The fourth-order valence-electron chi connectivity index (χ4n) is 2.49. The number of hydrogen-bond acceptors (Lipinski definition) is 1. The zero-order valence-electron chi connectivity index (χ0n) is 12.1. The molecule has 0 aromatic heterocycles. The molecule has 2 rings (SSSR count). The van der Waals surface area contributed by atoms with E-state index < -0.39 is 0 Å². The average molecular weight is 275 g/mol. The van der Waals surface area contributed by atoms with Crippen molar-refractivity contribution in [2.75, 3.05) is 6.54 Å². The summed E-state index contributed by atoms with van der Waals surface area (Å²) in [4.78, 5) is 0. The van der Waals surface area contributed by atoms with Crippen LogP contribution in [0.1, 0.15) is 23.6 Å². The summed E-state index contributed by atoms with van der Waals surface area (Å²) < 4.78 is 27.1. The van der Waals surface area contributed by atoms with Gasteiger partial charge < -0.3 is 5.32 Å². The zero-order chi connectivity index (χ0) is 14.7. The first kappa shape index (κ1) is 14.7. The first-order chi connectivity index (χ1) is 9.52. The Hall–Kier alpha value is -1.74. The summed E-state index contributed by atoms with van der Waals surface area (Å²) in [5, 5.41) is 3.12. The van der Waals surface area contributed by atoms with Gasteiger partial charge in [-0.05, 0) is 66.9 Å². The van der Waals surface area contributed by atoms with Crippen molar-refractivity contribution < 1.29 is 8.78 Å². The van der Waals surface area contributed by atoms with E-state index in [0.29, 0.717) is 12.1 Å². The van der Waals surface area contributed by atoms with Gasteiger partial charge in [-0.2, -0.15) is 0 Å². The molecule has 1 N–H and O–H groups in total. The molecule has 0 heterocycles. The molecule has 0 unspecified atom stereocenters. The third kappa shape index (κ3) is 3.05. The molecule has 0 spiro atoms. The van der Waals surface area contributed by atoms with E-state index in [1.54, 1.807) is 6.07 Å². The molecule has 2 aromatic rings. The molecular weight excluding hydrogens is 256 g/mol. The van der Waals surface area contributed by atoms with Crippen molar-refractivity contribution in [3.63, 3.8) is 0 Å². The number of hydrogen-bond donors (Lipinski definition) is 1. The fourth-order valence-corrected chi connectivity index (χ4v) is 2.49. The highest BCUT2D eigenvalue weighted by atomic mass is 19.1. The minimum atomic E-state index is -0.237. The van der Waals surface area contributed by atoms with Crippen LogP contribution in [-0.4, -0.2) is 6.54 Å². The summed E-state index contributed by atoms with van der Waals surface area (Å²) in [7, 11) is 0. The molecule has 0 bridgehead atoms. The van der Waals surface area contributed by atoms with Crippen LogP contribution in [-0.2, 0) is 6.54 Å². The van der Waals surface area contributed by atoms with Gasteiger partial charge in [-0.3, -0.25) is 0 Å². The summed E-state index contributed by atoms with van der Waals surface area (Å²) in [6.45, 7) is 7.02. The van der Waals surface area contributed by atoms with Crippen molar-refractivity contribution in [1.82, 2.24) is 5.32 Å². The molecule has 0 fully saturated rings. The maximum Gasteiger partial charge on any atom is 0.127 e. The van der Waals surface area contributed by atoms with Gasteiger partial charge in [0.05, 0.1) is 0 Å². The second-order valence-electron chi connectivity index (χ2n) is 5.00. The summed E-state index contributed by atoms with van der Waals surface area (Å²) in [6.07, 6.45) is 0. The highest BCUT2D eigenvalue weighted by molar-refractivity contribution is 5.71. The van der Waals surface area contributed by atoms with Crippen molar-refractivity contribution in [2.24, 2.45) is 0 Å². The van der Waals surface area contributed by atoms with Gasteiger partial charge in [0.25, 0.3) is 0 Å². The first-order valence-electron chi connectivity index (χ1n) is 6.79. The van der Waals surface area contributed by atoms with Crippen molar-refractivity contribution >= 4 is 0 Å². The topological polar surface area (TPSA) is 12.0 Å². The molecule has 3 heteroatoms. The molecule has 0 amide bonds. The van der Waals surface area contributed by atoms with Gasteiger partial charge in [0.1, 0.15) is 11.6 Å². The molecule has 20 heavy (non-hydrogen) atoms. The lowest BCUT2D eigenvalue weighted by atomic mass is 9.94. The van der Waals surface area contributed by atoms with E-state index >= 15 is 0 Å². The van der Waals surface area contributed by atoms with Gasteiger partial charge in [0, 0.05) is 12.1 Å². The lowest BCUT2D eigenvalue weighted by Crippen LogP contribution is -2.13. The molecule has 0 radical (unpaired) electrons. The number of halogens is 2. The van der Waals surface area contributed by atoms with Crippen LogP contribution < -0.4 is 5.32 Å². The predicted octanol–water partition coefficient (Wildman–Crippen LogP) is 4.36. The Morgan fingerprint density at radius 3 is 2.25 bits per heavy atom. The number of aryl methyl sites for hydroxylation is 2. The van der Waals surface area contributed by atoms with E-state index in [1.807, 2.05) is 26.8 Å². The van der Waals surface area contributed by atoms with Crippen LogP contribution in [0.15, 0.2) is 30.3 Å². The van der Waals surface area contributed by atoms with Gasteiger partial charge in [0.15, 0.2) is 0 Å². The molecule has 0 saturated carbocycles. The molecule has 0 atom stereocenters. The summed E-state index contributed by atoms with van der Waals surface area (Å²) in [5.74, 6) is -0.453. The van der Waals surface area contributed by atoms with E-state index in [1.165, 1.54) is 18.2 Å². The summed E-state index contributed by atoms with van der Waals surface area (Å²) in [5.41, 5.74) is 4.26. The Kier molecular flexibility index (Phi) is 4.50. The van der Waals surface area contributed by atoms with Gasteiger partial charge in [-0.1, -0.05) is 13.0 Å². The van der Waals surface area contributed by atoms with Gasteiger partial charge >= 0.3 is 0 Å². The normalized spacial score (nSPS) is 10.8. The molecule has 0 saturated heterocycles. The van der Waals surface area contributed by atoms with Gasteiger partial charge in [0.2, 0.25) is 0 Å². The molecule has 0 aliphatic heterocycles. The molecular formula is C17H19F2N. The Labute approximate surface area is 118 Å². The predicted molar refractivity (Wildman–Crippen MR) is 78.6 cm³/mol. The SMILES string of the molecule is CCNCc1cc(-c2c(C)cc(F)cc2C)ccc1F. The van der Waals surface area contributed by atoms with Crippen LogP contribution in [0, 0.1) is 25.5 Å². The average Bonchev–Trinajstić information content (AvgIpc) is 2.38. The largest absolute Gasteiger partial charge is 0.313 e.